The van der Waals surface area contributed by atoms with E-state index in [0.717, 1.165) is 26.3 Å². The van der Waals surface area contributed by atoms with Gasteiger partial charge in [-0.05, 0) is 20.0 Å². The van der Waals surface area contributed by atoms with Crippen molar-refractivity contribution in [1.82, 2.24) is 10.2 Å². The Balaban J connectivity index is 2.15. The molecule has 1 fully saturated rings. The Morgan fingerprint density at radius 3 is 3.00 bits per heavy atom. The fraction of sp³-hybridized carbons (Fsp3) is 1.00. The maximum absolute atomic E-state index is 5.35. The molecule has 1 aliphatic rings. The second-order valence-electron chi connectivity index (χ2n) is 3.30. The second-order valence-corrected chi connectivity index (χ2v) is 3.30. The molecule has 1 atom stereocenters. The summed E-state index contributed by atoms with van der Waals surface area (Å²) in [6, 6.07) is 0. The summed E-state index contributed by atoms with van der Waals surface area (Å²) in [4.78, 5) is 2.28. The van der Waals surface area contributed by atoms with Gasteiger partial charge in [0.15, 0.2) is 0 Å². The number of rotatable bonds is 4. The van der Waals surface area contributed by atoms with Gasteiger partial charge >= 0.3 is 0 Å². The fourth-order valence-corrected chi connectivity index (χ4v) is 1.33. The van der Waals surface area contributed by atoms with Crippen LogP contribution in [0.2, 0.25) is 0 Å². The third kappa shape index (κ3) is 3.09. The van der Waals surface area contributed by atoms with Crippen molar-refractivity contribution >= 4 is 0 Å². The van der Waals surface area contributed by atoms with Crippen molar-refractivity contribution in [1.29, 1.82) is 0 Å². The van der Waals surface area contributed by atoms with Gasteiger partial charge in [0, 0.05) is 6.54 Å². The van der Waals surface area contributed by atoms with E-state index < -0.39 is 0 Å². The molecule has 12 heavy (non-hydrogen) atoms. The number of ether oxygens (including phenoxy) is 1. The minimum Gasteiger partial charge on any atom is -0.377 e. The fourth-order valence-electron chi connectivity index (χ4n) is 1.33. The van der Waals surface area contributed by atoms with Crippen LogP contribution in [0.15, 0.2) is 0 Å². The van der Waals surface area contributed by atoms with E-state index in [9.17, 15) is 0 Å². The normalized spacial score (nSPS) is 24.8. The van der Waals surface area contributed by atoms with Crippen molar-refractivity contribution in [2.75, 3.05) is 33.4 Å². The van der Waals surface area contributed by atoms with E-state index >= 15 is 0 Å². The van der Waals surface area contributed by atoms with Crippen LogP contribution in [-0.4, -0.2) is 44.4 Å². The predicted octanol–water partition coefficient (Wildman–Crippen LogP) is 0.679. The standard InChI is InChI=1S/C9H19N2O/c1-3-4-6-11(2)9-8-12-7-5-10-9/h9H,3-8H2,1-2H3. The number of morpholine rings is 1. The van der Waals surface area contributed by atoms with Gasteiger partial charge in [-0.1, -0.05) is 13.3 Å². The molecular weight excluding hydrogens is 152 g/mol. The molecule has 0 aromatic carbocycles. The van der Waals surface area contributed by atoms with Gasteiger partial charge in [-0.3, -0.25) is 4.90 Å². The van der Waals surface area contributed by atoms with Crippen molar-refractivity contribution in [2.45, 2.75) is 25.9 Å². The topological polar surface area (TPSA) is 26.6 Å². The Kier molecular flexibility index (Phi) is 4.58. The Hall–Kier alpha value is -0.120. The summed E-state index contributed by atoms with van der Waals surface area (Å²) >= 11 is 0. The van der Waals surface area contributed by atoms with Crippen LogP contribution in [0.1, 0.15) is 19.8 Å². The molecule has 1 radical (unpaired) electrons. The highest BCUT2D eigenvalue weighted by atomic mass is 16.5. The molecule has 0 aromatic heterocycles. The van der Waals surface area contributed by atoms with Crippen LogP contribution in [0.3, 0.4) is 0 Å². The zero-order valence-corrected chi connectivity index (χ0v) is 8.12. The summed E-state index contributed by atoms with van der Waals surface area (Å²) in [7, 11) is 2.12. The van der Waals surface area contributed by atoms with Gasteiger partial charge in [0.1, 0.15) is 0 Å². The lowest BCUT2D eigenvalue weighted by Crippen LogP contribution is -2.47. The molecule has 3 nitrogen and oxygen atoms in total. The lowest BCUT2D eigenvalue weighted by molar-refractivity contribution is 0.0163. The molecule has 0 amide bonds. The van der Waals surface area contributed by atoms with E-state index in [4.69, 9.17) is 4.74 Å². The Morgan fingerprint density at radius 1 is 1.58 bits per heavy atom. The first kappa shape index (κ1) is 9.96. The highest BCUT2D eigenvalue weighted by Crippen LogP contribution is 2.01. The van der Waals surface area contributed by atoms with Gasteiger partial charge in [-0.15, -0.1) is 0 Å². The first-order valence-corrected chi connectivity index (χ1v) is 4.79. The van der Waals surface area contributed by atoms with Crippen molar-refractivity contribution in [3.8, 4) is 0 Å². The average Bonchev–Trinajstić information content (AvgIpc) is 2.15. The summed E-state index contributed by atoms with van der Waals surface area (Å²) in [6.45, 7) is 5.79. The van der Waals surface area contributed by atoms with E-state index in [-0.39, 0.29) is 0 Å². The van der Waals surface area contributed by atoms with Gasteiger partial charge < -0.3 is 4.74 Å². The van der Waals surface area contributed by atoms with Gasteiger partial charge in [-0.2, -0.15) is 0 Å². The smallest absolute Gasteiger partial charge is 0.0996 e. The first-order valence-electron chi connectivity index (χ1n) is 4.79. The summed E-state index contributed by atoms with van der Waals surface area (Å²) in [6.07, 6.45) is 2.81. The van der Waals surface area contributed by atoms with Crippen LogP contribution in [0, 0.1) is 0 Å². The summed E-state index contributed by atoms with van der Waals surface area (Å²) in [5, 5.41) is 4.48. The van der Waals surface area contributed by atoms with E-state index in [1.807, 2.05) is 0 Å². The second kappa shape index (κ2) is 5.51. The maximum atomic E-state index is 5.35. The Morgan fingerprint density at radius 2 is 2.42 bits per heavy atom. The highest BCUT2D eigenvalue weighted by molar-refractivity contribution is 4.68. The molecular formula is C9H19N2O. The average molecular weight is 171 g/mol. The van der Waals surface area contributed by atoms with Gasteiger partial charge in [-0.25, -0.2) is 5.32 Å². The van der Waals surface area contributed by atoms with Crippen LogP contribution < -0.4 is 5.32 Å². The Labute approximate surface area is 75.1 Å². The summed E-state index contributed by atoms with van der Waals surface area (Å²) in [5.74, 6) is 0. The van der Waals surface area contributed by atoms with Crippen LogP contribution in [0.25, 0.3) is 0 Å². The zero-order valence-electron chi connectivity index (χ0n) is 8.12. The number of hydrogen-bond acceptors (Lipinski definition) is 2. The lowest BCUT2D eigenvalue weighted by atomic mass is 10.3. The number of likely N-dealkylation sites (N-methyl/N-ethyl adjacent to an activating group) is 1. The molecule has 1 unspecified atom stereocenters. The molecule has 0 aliphatic carbocycles. The third-order valence-electron chi connectivity index (χ3n) is 2.22. The largest absolute Gasteiger partial charge is 0.377 e. The molecule has 1 rings (SSSR count). The third-order valence-corrected chi connectivity index (χ3v) is 2.22. The van der Waals surface area contributed by atoms with Crippen LogP contribution in [-0.2, 0) is 4.74 Å². The molecule has 0 aromatic rings. The van der Waals surface area contributed by atoms with Crippen LogP contribution in [0.4, 0.5) is 0 Å². The SMILES string of the molecule is CCCCN(C)C1COCC[N]1. The van der Waals surface area contributed by atoms with Crippen molar-refractivity contribution in [2.24, 2.45) is 0 Å². The molecule has 0 saturated carbocycles. The Bertz CT molecular complexity index is 113. The van der Waals surface area contributed by atoms with E-state index in [2.05, 4.69) is 24.2 Å². The van der Waals surface area contributed by atoms with Crippen LogP contribution >= 0.6 is 0 Å². The molecule has 0 bridgehead atoms. The molecule has 1 heterocycles. The summed E-state index contributed by atoms with van der Waals surface area (Å²) < 4.78 is 5.35. The van der Waals surface area contributed by atoms with Crippen LogP contribution in [0.5, 0.6) is 0 Å². The van der Waals surface area contributed by atoms with Crippen molar-refractivity contribution in [3.05, 3.63) is 0 Å². The molecule has 1 saturated heterocycles. The molecule has 0 spiro atoms. The van der Waals surface area contributed by atoms with Gasteiger partial charge in [0.25, 0.3) is 0 Å². The minimum atomic E-state index is 0.310. The quantitative estimate of drug-likeness (QED) is 0.622. The maximum Gasteiger partial charge on any atom is 0.0996 e. The number of hydrogen-bond donors (Lipinski definition) is 0. The van der Waals surface area contributed by atoms with Crippen molar-refractivity contribution in [3.63, 3.8) is 0 Å². The number of unbranched alkanes of at least 4 members (excludes halogenated alkanes) is 1. The van der Waals surface area contributed by atoms with Gasteiger partial charge in [0.2, 0.25) is 0 Å². The minimum absolute atomic E-state index is 0.310. The molecule has 1 aliphatic heterocycles. The van der Waals surface area contributed by atoms with Gasteiger partial charge in [0.05, 0.1) is 19.4 Å². The number of nitrogens with zero attached hydrogens (tertiary/aromatic N) is 2. The first-order chi connectivity index (χ1) is 5.84. The zero-order chi connectivity index (χ0) is 8.81. The van der Waals surface area contributed by atoms with E-state index in [1.54, 1.807) is 0 Å². The molecule has 3 heteroatoms. The summed E-state index contributed by atoms with van der Waals surface area (Å²) in [5.41, 5.74) is 0. The monoisotopic (exact) mass is 171 g/mol. The molecule has 71 valence electrons. The van der Waals surface area contributed by atoms with Crippen molar-refractivity contribution < 1.29 is 4.74 Å². The molecule has 0 N–H and O–H groups in total. The highest BCUT2D eigenvalue weighted by Gasteiger charge is 2.17. The van der Waals surface area contributed by atoms with E-state index in [1.165, 1.54) is 12.8 Å². The van der Waals surface area contributed by atoms with E-state index in [0.29, 0.717) is 6.17 Å². The lowest BCUT2D eigenvalue weighted by Gasteiger charge is -2.30. The predicted molar refractivity (Wildman–Crippen MR) is 49.1 cm³/mol.